The lowest BCUT2D eigenvalue weighted by Gasteiger charge is -2.43. The van der Waals surface area contributed by atoms with Gasteiger partial charge in [-0.3, -0.25) is 9.69 Å². The highest BCUT2D eigenvalue weighted by molar-refractivity contribution is 5.73. The molecule has 0 amide bonds. The fourth-order valence-electron chi connectivity index (χ4n) is 4.90. The molecule has 4 aromatic rings. The lowest BCUT2D eigenvalue weighted by Crippen LogP contribution is -2.55. The number of hydrogen-bond acceptors (Lipinski definition) is 6. The standard InChI is InChI=1S/C26H27N5O3/c32-26-22-15-27-31(19-11-13-33-14-12-19)25(22)28-24(29-26)23(18-7-3-1-4-8-18)30-16-21(17-30)34-20-9-5-2-6-10-20/h1-10,15,19,21,23H,11-14,16-17H2,(H,28,29,32). The van der Waals surface area contributed by atoms with Crippen LogP contribution in [0, 0.1) is 0 Å². The van der Waals surface area contributed by atoms with Crippen LogP contribution < -0.4 is 10.3 Å². The Kier molecular flexibility index (Phi) is 5.60. The van der Waals surface area contributed by atoms with Crippen LogP contribution in [0.2, 0.25) is 0 Å². The number of aromatic nitrogens is 4. The normalized spacial score (nSPS) is 18.6. The molecule has 2 saturated heterocycles. The van der Waals surface area contributed by atoms with Gasteiger partial charge in [-0.2, -0.15) is 5.10 Å². The third-order valence-corrected chi connectivity index (χ3v) is 6.68. The van der Waals surface area contributed by atoms with Crippen LogP contribution in [0.25, 0.3) is 11.0 Å². The van der Waals surface area contributed by atoms with Crippen molar-refractivity contribution in [2.24, 2.45) is 0 Å². The van der Waals surface area contributed by atoms with Crippen molar-refractivity contribution in [3.05, 3.63) is 88.6 Å². The predicted octanol–water partition coefficient (Wildman–Crippen LogP) is 3.32. The molecule has 8 heteroatoms. The van der Waals surface area contributed by atoms with Crippen molar-refractivity contribution < 1.29 is 9.47 Å². The maximum atomic E-state index is 13.0. The Hall–Kier alpha value is -3.49. The van der Waals surface area contributed by atoms with Crippen LogP contribution >= 0.6 is 0 Å². The summed E-state index contributed by atoms with van der Waals surface area (Å²) in [6, 6.07) is 20.1. The van der Waals surface area contributed by atoms with Crippen molar-refractivity contribution in [3.63, 3.8) is 0 Å². The molecule has 2 aliphatic heterocycles. The quantitative estimate of drug-likeness (QED) is 0.478. The van der Waals surface area contributed by atoms with Crippen LogP contribution in [0.5, 0.6) is 5.75 Å². The van der Waals surface area contributed by atoms with Crippen LogP contribution in [0.3, 0.4) is 0 Å². The Morgan fingerprint density at radius 3 is 2.44 bits per heavy atom. The second-order valence-corrected chi connectivity index (χ2v) is 8.94. The van der Waals surface area contributed by atoms with E-state index < -0.39 is 0 Å². The fourth-order valence-corrected chi connectivity index (χ4v) is 4.90. The van der Waals surface area contributed by atoms with Gasteiger partial charge in [0.2, 0.25) is 0 Å². The van der Waals surface area contributed by atoms with E-state index in [2.05, 4.69) is 27.1 Å². The number of aromatic amines is 1. The van der Waals surface area contributed by atoms with Crippen molar-refractivity contribution >= 4 is 11.0 Å². The van der Waals surface area contributed by atoms with E-state index >= 15 is 0 Å². The molecule has 1 unspecified atom stereocenters. The number of ether oxygens (including phenoxy) is 2. The zero-order valence-electron chi connectivity index (χ0n) is 18.8. The zero-order chi connectivity index (χ0) is 22.9. The maximum absolute atomic E-state index is 13.0. The number of hydrogen-bond donors (Lipinski definition) is 1. The first kappa shape index (κ1) is 21.1. The van der Waals surface area contributed by atoms with E-state index in [1.807, 2.05) is 53.2 Å². The van der Waals surface area contributed by atoms with E-state index in [4.69, 9.17) is 14.5 Å². The highest BCUT2D eigenvalue weighted by atomic mass is 16.5. The first-order valence-corrected chi connectivity index (χ1v) is 11.8. The van der Waals surface area contributed by atoms with Crippen LogP contribution in [0.4, 0.5) is 0 Å². The molecule has 6 rings (SSSR count). The van der Waals surface area contributed by atoms with Gasteiger partial charge in [-0.25, -0.2) is 9.67 Å². The maximum Gasteiger partial charge on any atom is 0.262 e. The van der Waals surface area contributed by atoms with Gasteiger partial charge < -0.3 is 14.5 Å². The number of nitrogens with zero attached hydrogens (tertiary/aromatic N) is 4. The van der Waals surface area contributed by atoms with Crippen molar-refractivity contribution in [3.8, 4) is 5.75 Å². The van der Waals surface area contributed by atoms with Crippen molar-refractivity contribution in [2.75, 3.05) is 26.3 Å². The molecule has 2 aromatic heterocycles. The van der Waals surface area contributed by atoms with Gasteiger partial charge >= 0.3 is 0 Å². The summed E-state index contributed by atoms with van der Waals surface area (Å²) in [6.07, 6.45) is 3.46. The molecule has 2 fully saturated rings. The monoisotopic (exact) mass is 457 g/mol. The summed E-state index contributed by atoms with van der Waals surface area (Å²) >= 11 is 0. The van der Waals surface area contributed by atoms with E-state index in [0.717, 1.165) is 37.2 Å². The third kappa shape index (κ3) is 3.99. The lowest BCUT2D eigenvalue weighted by molar-refractivity contribution is -0.00169. The minimum atomic E-state index is -0.174. The summed E-state index contributed by atoms with van der Waals surface area (Å²) in [5.74, 6) is 1.51. The molecule has 34 heavy (non-hydrogen) atoms. The Balaban J connectivity index is 1.33. The molecule has 0 saturated carbocycles. The van der Waals surface area contributed by atoms with Crippen molar-refractivity contribution in [1.29, 1.82) is 0 Å². The lowest BCUT2D eigenvalue weighted by atomic mass is 9.99. The van der Waals surface area contributed by atoms with Gasteiger partial charge in [0.15, 0.2) is 5.65 Å². The summed E-state index contributed by atoms with van der Waals surface area (Å²) in [4.78, 5) is 23.4. The summed E-state index contributed by atoms with van der Waals surface area (Å²) in [6.45, 7) is 2.89. The summed E-state index contributed by atoms with van der Waals surface area (Å²) < 4.78 is 13.5. The summed E-state index contributed by atoms with van der Waals surface area (Å²) in [7, 11) is 0. The average molecular weight is 458 g/mol. The van der Waals surface area contributed by atoms with Crippen LogP contribution in [-0.2, 0) is 4.74 Å². The first-order valence-electron chi connectivity index (χ1n) is 11.8. The number of benzene rings is 2. The highest BCUT2D eigenvalue weighted by Gasteiger charge is 2.37. The van der Waals surface area contributed by atoms with Gasteiger partial charge in [0.25, 0.3) is 5.56 Å². The molecular weight excluding hydrogens is 430 g/mol. The second-order valence-electron chi connectivity index (χ2n) is 8.94. The average Bonchev–Trinajstić information content (AvgIpc) is 3.29. The molecule has 0 aliphatic carbocycles. The Labute approximate surface area is 197 Å². The molecule has 1 N–H and O–H groups in total. The zero-order valence-corrected chi connectivity index (χ0v) is 18.8. The van der Waals surface area contributed by atoms with Crippen LogP contribution in [-0.4, -0.2) is 57.1 Å². The molecular formula is C26H27N5O3. The van der Waals surface area contributed by atoms with E-state index in [-0.39, 0.29) is 23.7 Å². The molecule has 2 aliphatic rings. The van der Waals surface area contributed by atoms with Gasteiger partial charge in [-0.1, -0.05) is 48.5 Å². The van der Waals surface area contributed by atoms with Gasteiger partial charge in [0.05, 0.1) is 18.3 Å². The van der Waals surface area contributed by atoms with E-state index in [1.165, 1.54) is 0 Å². The molecule has 1 atom stereocenters. The topological polar surface area (TPSA) is 85.3 Å². The molecule has 2 aromatic carbocycles. The number of likely N-dealkylation sites (tertiary alicyclic amines) is 1. The van der Waals surface area contributed by atoms with Gasteiger partial charge in [-0.05, 0) is 30.5 Å². The largest absolute Gasteiger partial charge is 0.488 e. The molecule has 0 radical (unpaired) electrons. The van der Waals surface area contributed by atoms with E-state index in [1.54, 1.807) is 6.20 Å². The van der Waals surface area contributed by atoms with Gasteiger partial charge in [-0.15, -0.1) is 0 Å². The van der Waals surface area contributed by atoms with E-state index in [9.17, 15) is 4.79 Å². The Morgan fingerprint density at radius 2 is 1.71 bits per heavy atom. The predicted molar refractivity (Wildman–Crippen MR) is 128 cm³/mol. The summed E-state index contributed by atoms with van der Waals surface area (Å²) in [5.41, 5.74) is 1.57. The number of fused-ring (bicyclic) bond motifs is 1. The molecule has 0 spiro atoms. The summed E-state index contributed by atoms with van der Waals surface area (Å²) in [5, 5.41) is 5.06. The fraction of sp³-hybridized carbons (Fsp3) is 0.346. The molecule has 4 heterocycles. The molecule has 174 valence electrons. The van der Waals surface area contributed by atoms with Gasteiger partial charge in [0.1, 0.15) is 23.1 Å². The highest BCUT2D eigenvalue weighted by Crippen LogP contribution is 2.32. The second kappa shape index (κ2) is 9.04. The Bertz CT molecular complexity index is 1310. The molecule has 0 bridgehead atoms. The SMILES string of the molecule is O=c1[nH]c(C(c2ccccc2)N2CC(Oc3ccccc3)C2)nc2c1cnn2C1CCOCC1. The molecule has 8 nitrogen and oxygen atoms in total. The third-order valence-electron chi connectivity index (χ3n) is 6.68. The van der Waals surface area contributed by atoms with Gasteiger partial charge in [0, 0.05) is 26.3 Å². The van der Waals surface area contributed by atoms with Crippen LogP contribution in [0.1, 0.15) is 36.3 Å². The number of rotatable bonds is 6. The minimum absolute atomic E-state index is 0.0943. The van der Waals surface area contributed by atoms with Crippen molar-refractivity contribution in [2.45, 2.75) is 31.0 Å². The minimum Gasteiger partial charge on any atom is -0.488 e. The number of nitrogens with one attached hydrogen (secondary N) is 1. The number of para-hydroxylation sites is 1. The Morgan fingerprint density at radius 1 is 1.00 bits per heavy atom. The number of H-pyrrole nitrogens is 1. The van der Waals surface area contributed by atoms with E-state index in [0.29, 0.717) is 30.1 Å². The smallest absolute Gasteiger partial charge is 0.262 e. The van der Waals surface area contributed by atoms with Crippen molar-refractivity contribution in [1.82, 2.24) is 24.6 Å². The van der Waals surface area contributed by atoms with Crippen LogP contribution in [0.15, 0.2) is 71.7 Å². The first-order chi connectivity index (χ1) is 16.8.